The second kappa shape index (κ2) is 8.50. The lowest BCUT2D eigenvalue weighted by Crippen LogP contribution is -2.44. The number of aliphatic hydroxyl groups is 1. The molecule has 1 aliphatic carbocycles. The Kier molecular flexibility index (Phi) is 6.11. The zero-order chi connectivity index (χ0) is 17.5. The molecule has 2 N–H and O–H groups in total. The molecular formula is C22H29NO2. The van der Waals surface area contributed by atoms with Gasteiger partial charge in [0, 0.05) is 5.41 Å². The lowest BCUT2D eigenvalue weighted by Gasteiger charge is -2.42. The molecule has 0 aliphatic heterocycles. The molecule has 3 nitrogen and oxygen atoms in total. The summed E-state index contributed by atoms with van der Waals surface area (Å²) in [5, 5.41) is 14.1. The first kappa shape index (κ1) is 18.0. The number of ether oxygens (including phenoxy) is 1. The largest absolute Gasteiger partial charge is 0.489 e. The van der Waals surface area contributed by atoms with Gasteiger partial charge in [0.2, 0.25) is 0 Å². The minimum absolute atomic E-state index is 0.159. The predicted molar refractivity (Wildman–Crippen MR) is 102 cm³/mol. The molecule has 2 atom stereocenters. The van der Waals surface area contributed by atoms with E-state index in [9.17, 15) is 5.11 Å². The van der Waals surface area contributed by atoms with E-state index in [4.69, 9.17) is 4.74 Å². The second-order valence-corrected chi connectivity index (χ2v) is 7.07. The summed E-state index contributed by atoms with van der Waals surface area (Å²) in [7, 11) is 1.97. The van der Waals surface area contributed by atoms with Crippen molar-refractivity contribution in [1.82, 2.24) is 5.32 Å². The average Bonchev–Trinajstić information content (AvgIpc) is 2.67. The molecule has 3 heteroatoms. The maximum absolute atomic E-state index is 10.8. The smallest absolute Gasteiger partial charge is 0.120 e. The van der Waals surface area contributed by atoms with Crippen molar-refractivity contribution in [1.29, 1.82) is 0 Å². The number of hydrogen-bond donors (Lipinski definition) is 2. The molecule has 0 heterocycles. The summed E-state index contributed by atoms with van der Waals surface area (Å²) in [5.41, 5.74) is 2.21. The number of benzene rings is 2. The Labute approximate surface area is 151 Å². The number of hydrogen-bond acceptors (Lipinski definition) is 3. The SMILES string of the molecule is CNCCC1(c2cccc(OCc3ccccc3)c2)CCCCC1O. The van der Waals surface area contributed by atoms with Crippen LogP contribution in [0.15, 0.2) is 54.6 Å². The molecule has 0 spiro atoms. The maximum atomic E-state index is 10.8. The molecule has 2 aromatic rings. The van der Waals surface area contributed by atoms with Crippen LogP contribution in [0, 0.1) is 0 Å². The van der Waals surface area contributed by atoms with Gasteiger partial charge in [-0.1, -0.05) is 55.3 Å². The molecule has 134 valence electrons. The van der Waals surface area contributed by atoms with Gasteiger partial charge in [0.25, 0.3) is 0 Å². The molecule has 25 heavy (non-hydrogen) atoms. The normalized spacial score (nSPS) is 23.4. The molecule has 3 rings (SSSR count). The lowest BCUT2D eigenvalue weighted by molar-refractivity contribution is 0.0365. The van der Waals surface area contributed by atoms with Crippen molar-refractivity contribution < 1.29 is 9.84 Å². The van der Waals surface area contributed by atoms with Crippen molar-refractivity contribution in [3.05, 3.63) is 65.7 Å². The summed E-state index contributed by atoms with van der Waals surface area (Å²) < 4.78 is 6.01. The molecule has 0 amide bonds. The van der Waals surface area contributed by atoms with Crippen LogP contribution >= 0.6 is 0 Å². The molecule has 1 fully saturated rings. The topological polar surface area (TPSA) is 41.5 Å². The van der Waals surface area contributed by atoms with Crippen LogP contribution in [0.25, 0.3) is 0 Å². The van der Waals surface area contributed by atoms with Gasteiger partial charge in [0.15, 0.2) is 0 Å². The summed E-state index contributed by atoms with van der Waals surface area (Å²) in [4.78, 5) is 0. The second-order valence-electron chi connectivity index (χ2n) is 7.07. The van der Waals surface area contributed by atoms with Crippen molar-refractivity contribution in [3.63, 3.8) is 0 Å². The van der Waals surface area contributed by atoms with Crippen LogP contribution in [0.2, 0.25) is 0 Å². The van der Waals surface area contributed by atoms with Crippen molar-refractivity contribution in [2.75, 3.05) is 13.6 Å². The van der Waals surface area contributed by atoms with E-state index in [1.165, 1.54) is 12.0 Å². The molecule has 0 aromatic heterocycles. The first-order chi connectivity index (χ1) is 12.2. The van der Waals surface area contributed by atoms with Crippen LogP contribution in [0.3, 0.4) is 0 Å². The summed E-state index contributed by atoms with van der Waals surface area (Å²) in [5.74, 6) is 0.878. The quantitative estimate of drug-likeness (QED) is 0.800. The first-order valence-corrected chi connectivity index (χ1v) is 9.34. The van der Waals surface area contributed by atoms with Crippen molar-refractivity contribution in [2.24, 2.45) is 0 Å². The van der Waals surface area contributed by atoms with Crippen LogP contribution < -0.4 is 10.1 Å². The minimum Gasteiger partial charge on any atom is -0.489 e. The fourth-order valence-electron chi connectivity index (χ4n) is 3.98. The van der Waals surface area contributed by atoms with E-state index in [-0.39, 0.29) is 11.5 Å². The van der Waals surface area contributed by atoms with Crippen LogP contribution in [0.1, 0.15) is 43.2 Å². The fraction of sp³-hybridized carbons (Fsp3) is 0.455. The molecule has 1 aliphatic rings. The first-order valence-electron chi connectivity index (χ1n) is 9.34. The van der Waals surface area contributed by atoms with Crippen molar-refractivity contribution >= 4 is 0 Å². The third kappa shape index (κ3) is 4.23. The Morgan fingerprint density at radius 1 is 1.12 bits per heavy atom. The third-order valence-electron chi connectivity index (χ3n) is 5.47. The number of aliphatic hydroxyl groups excluding tert-OH is 1. The van der Waals surface area contributed by atoms with Crippen LogP contribution in [0.5, 0.6) is 5.75 Å². The highest BCUT2D eigenvalue weighted by atomic mass is 16.5. The van der Waals surface area contributed by atoms with Gasteiger partial charge in [-0.15, -0.1) is 0 Å². The Balaban J connectivity index is 1.79. The zero-order valence-corrected chi connectivity index (χ0v) is 15.1. The van der Waals surface area contributed by atoms with E-state index >= 15 is 0 Å². The number of rotatable bonds is 7. The van der Waals surface area contributed by atoms with E-state index < -0.39 is 0 Å². The van der Waals surface area contributed by atoms with Crippen LogP contribution in [-0.4, -0.2) is 24.8 Å². The molecule has 2 aromatic carbocycles. The van der Waals surface area contributed by atoms with E-state index in [1.807, 2.05) is 31.3 Å². The van der Waals surface area contributed by atoms with E-state index in [0.717, 1.165) is 43.5 Å². The fourth-order valence-corrected chi connectivity index (χ4v) is 3.98. The highest BCUT2D eigenvalue weighted by Gasteiger charge is 2.40. The van der Waals surface area contributed by atoms with Gasteiger partial charge in [-0.2, -0.15) is 0 Å². The van der Waals surface area contributed by atoms with Gasteiger partial charge in [0.05, 0.1) is 6.10 Å². The zero-order valence-electron chi connectivity index (χ0n) is 15.1. The minimum atomic E-state index is -0.279. The molecule has 0 saturated heterocycles. The average molecular weight is 339 g/mol. The van der Waals surface area contributed by atoms with Gasteiger partial charge in [-0.05, 0) is 56.1 Å². The van der Waals surface area contributed by atoms with Gasteiger partial charge in [0.1, 0.15) is 12.4 Å². The maximum Gasteiger partial charge on any atom is 0.120 e. The Morgan fingerprint density at radius 2 is 1.96 bits per heavy atom. The Hall–Kier alpha value is -1.84. The van der Waals surface area contributed by atoms with Gasteiger partial charge in [-0.3, -0.25) is 0 Å². The van der Waals surface area contributed by atoms with E-state index in [2.05, 4.69) is 35.6 Å². The van der Waals surface area contributed by atoms with Gasteiger partial charge >= 0.3 is 0 Å². The third-order valence-corrected chi connectivity index (χ3v) is 5.47. The molecule has 0 radical (unpaired) electrons. The standard InChI is InChI=1S/C22H29NO2/c1-23-15-14-22(13-6-5-12-21(22)24)19-10-7-11-20(16-19)25-17-18-8-3-2-4-9-18/h2-4,7-11,16,21,23-24H,5-6,12-15,17H2,1H3. The summed E-state index contributed by atoms with van der Waals surface area (Å²) in [6.07, 6.45) is 4.89. The Bertz CT molecular complexity index is 658. The van der Waals surface area contributed by atoms with Crippen molar-refractivity contribution in [3.8, 4) is 5.75 Å². The molecule has 1 saturated carbocycles. The monoisotopic (exact) mass is 339 g/mol. The molecule has 2 unspecified atom stereocenters. The highest BCUT2D eigenvalue weighted by Crippen LogP contribution is 2.43. The molecule has 0 bridgehead atoms. The summed E-state index contributed by atoms with van der Waals surface area (Å²) >= 11 is 0. The van der Waals surface area contributed by atoms with Crippen LogP contribution in [-0.2, 0) is 12.0 Å². The number of nitrogens with one attached hydrogen (secondary N) is 1. The van der Waals surface area contributed by atoms with Crippen LogP contribution in [0.4, 0.5) is 0 Å². The lowest BCUT2D eigenvalue weighted by atomic mass is 9.65. The summed E-state index contributed by atoms with van der Waals surface area (Å²) in [6, 6.07) is 18.6. The molecular weight excluding hydrogens is 310 g/mol. The Morgan fingerprint density at radius 3 is 2.72 bits per heavy atom. The van der Waals surface area contributed by atoms with Crippen molar-refractivity contribution in [2.45, 2.75) is 50.2 Å². The van der Waals surface area contributed by atoms with E-state index in [0.29, 0.717) is 6.61 Å². The van der Waals surface area contributed by atoms with Gasteiger partial charge < -0.3 is 15.2 Å². The summed E-state index contributed by atoms with van der Waals surface area (Å²) in [6.45, 7) is 1.47. The predicted octanol–water partition coefficient (Wildman–Crippen LogP) is 4.05. The highest BCUT2D eigenvalue weighted by molar-refractivity contribution is 5.36. The van der Waals surface area contributed by atoms with E-state index in [1.54, 1.807) is 0 Å². The van der Waals surface area contributed by atoms with Gasteiger partial charge in [-0.25, -0.2) is 0 Å².